The molecule has 0 saturated heterocycles. The zero-order valence-electron chi connectivity index (χ0n) is 5.89. The number of nitrogens with one attached hydrogen (secondary N) is 1. The molecule has 56 valence electrons. The van der Waals surface area contributed by atoms with Gasteiger partial charge >= 0.3 is 0 Å². The zero-order valence-corrected chi connectivity index (χ0v) is 5.89. The van der Waals surface area contributed by atoms with Crippen molar-refractivity contribution in [2.45, 2.75) is 13.3 Å². The lowest BCUT2D eigenvalue weighted by molar-refractivity contribution is 0.142. The smallest absolute Gasteiger partial charge is 0.0931 e. The van der Waals surface area contributed by atoms with Gasteiger partial charge in [-0.3, -0.25) is 5.32 Å². The Bertz CT molecular complexity index is 44.3. The molecule has 0 spiro atoms. The first-order valence-electron chi connectivity index (χ1n) is 3.31. The van der Waals surface area contributed by atoms with Gasteiger partial charge in [0.05, 0.1) is 6.73 Å². The largest absolute Gasteiger partial charge is 0.382 e. The Balaban J connectivity index is 2.60. The Morgan fingerprint density at radius 1 is 1.56 bits per heavy atom. The van der Waals surface area contributed by atoms with Crippen molar-refractivity contribution in [3.05, 3.63) is 0 Å². The highest BCUT2D eigenvalue weighted by molar-refractivity contribution is 4.39. The Morgan fingerprint density at radius 2 is 2.33 bits per heavy atom. The summed E-state index contributed by atoms with van der Waals surface area (Å²) < 4.78 is 5.06. The van der Waals surface area contributed by atoms with Crippen LogP contribution in [0.4, 0.5) is 0 Å². The summed E-state index contributed by atoms with van der Waals surface area (Å²) in [5, 5.41) is 11.1. The van der Waals surface area contributed by atoms with Crippen molar-refractivity contribution in [3.8, 4) is 0 Å². The van der Waals surface area contributed by atoms with Crippen LogP contribution >= 0.6 is 0 Å². The van der Waals surface area contributed by atoms with Crippen molar-refractivity contribution < 1.29 is 9.84 Å². The van der Waals surface area contributed by atoms with Crippen molar-refractivity contribution in [2.75, 3.05) is 26.5 Å². The van der Waals surface area contributed by atoms with E-state index in [1.165, 1.54) is 0 Å². The molecule has 0 aromatic carbocycles. The summed E-state index contributed by atoms with van der Waals surface area (Å²) in [4.78, 5) is 0. The number of ether oxygens (including phenoxy) is 1. The number of hydrogen-bond acceptors (Lipinski definition) is 3. The van der Waals surface area contributed by atoms with Crippen LogP contribution in [0.25, 0.3) is 0 Å². The van der Waals surface area contributed by atoms with E-state index in [-0.39, 0.29) is 6.73 Å². The molecule has 2 N–H and O–H groups in total. The molecule has 0 saturated carbocycles. The molecule has 0 amide bonds. The molecule has 0 radical (unpaired) electrons. The van der Waals surface area contributed by atoms with Gasteiger partial charge in [0.1, 0.15) is 0 Å². The first-order valence-corrected chi connectivity index (χ1v) is 3.31. The number of aliphatic hydroxyl groups excluding tert-OH is 1. The predicted octanol–water partition coefficient (Wildman–Crippen LogP) is -0.0476. The maximum absolute atomic E-state index is 8.27. The second-order valence-corrected chi connectivity index (χ2v) is 1.71. The Labute approximate surface area is 56.0 Å². The second-order valence-electron chi connectivity index (χ2n) is 1.71. The number of hydrogen-bond donors (Lipinski definition) is 2. The van der Waals surface area contributed by atoms with Crippen molar-refractivity contribution in [1.29, 1.82) is 0 Å². The molecule has 0 aliphatic carbocycles. The Kier molecular flexibility index (Phi) is 7.77. The standard InChI is InChI=1S/C6H15NO2/c1-2-9-5-3-4-7-6-8/h7-8H,2-6H2,1H3. The van der Waals surface area contributed by atoms with Gasteiger partial charge in [-0.15, -0.1) is 0 Å². The van der Waals surface area contributed by atoms with E-state index in [0.29, 0.717) is 0 Å². The van der Waals surface area contributed by atoms with E-state index in [4.69, 9.17) is 9.84 Å². The molecule has 0 aromatic rings. The summed E-state index contributed by atoms with van der Waals surface area (Å²) in [7, 11) is 0. The minimum atomic E-state index is 0.0616. The molecular weight excluding hydrogens is 118 g/mol. The van der Waals surface area contributed by atoms with Crippen molar-refractivity contribution in [2.24, 2.45) is 0 Å². The minimum Gasteiger partial charge on any atom is -0.382 e. The van der Waals surface area contributed by atoms with Gasteiger partial charge < -0.3 is 9.84 Å². The monoisotopic (exact) mass is 133 g/mol. The van der Waals surface area contributed by atoms with Crippen LogP contribution in [0.1, 0.15) is 13.3 Å². The molecule has 0 rings (SSSR count). The third-order valence-electron chi connectivity index (χ3n) is 0.958. The number of rotatable bonds is 6. The van der Waals surface area contributed by atoms with E-state index in [9.17, 15) is 0 Å². The normalized spacial score (nSPS) is 10.0. The van der Waals surface area contributed by atoms with Crippen LogP contribution in [0.2, 0.25) is 0 Å². The quantitative estimate of drug-likeness (QED) is 0.394. The molecule has 0 unspecified atom stereocenters. The summed E-state index contributed by atoms with van der Waals surface area (Å²) in [5.74, 6) is 0. The van der Waals surface area contributed by atoms with Crippen LogP contribution in [0.15, 0.2) is 0 Å². The van der Waals surface area contributed by atoms with Crippen molar-refractivity contribution in [1.82, 2.24) is 5.32 Å². The van der Waals surface area contributed by atoms with Gasteiger partial charge in [0, 0.05) is 13.2 Å². The summed E-state index contributed by atoms with van der Waals surface area (Å²) in [5.41, 5.74) is 0. The average molecular weight is 133 g/mol. The van der Waals surface area contributed by atoms with Crippen LogP contribution in [-0.2, 0) is 4.74 Å². The highest BCUT2D eigenvalue weighted by atomic mass is 16.5. The summed E-state index contributed by atoms with van der Waals surface area (Å²) in [6.45, 7) is 4.42. The van der Waals surface area contributed by atoms with Crippen LogP contribution in [-0.4, -0.2) is 31.6 Å². The molecule has 0 heterocycles. The van der Waals surface area contributed by atoms with Crippen LogP contribution < -0.4 is 5.32 Å². The fraction of sp³-hybridized carbons (Fsp3) is 1.00. The molecule has 3 nitrogen and oxygen atoms in total. The predicted molar refractivity (Wildman–Crippen MR) is 36.2 cm³/mol. The van der Waals surface area contributed by atoms with E-state index < -0.39 is 0 Å². The fourth-order valence-electron chi connectivity index (χ4n) is 0.523. The van der Waals surface area contributed by atoms with E-state index in [1.807, 2.05) is 6.92 Å². The summed E-state index contributed by atoms with van der Waals surface area (Å²) >= 11 is 0. The van der Waals surface area contributed by atoms with Gasteiger partial charge in [0.15, 0.2) is 0 Å². The third kappa shape index (κ3) is 7.88. The molecule has 0 aliphatic heterocycles. The second kappa shape index (κ2) is 7.88. The summed E-state index contributed by atoms with van der Waals surface area (Å²) in [6, 6.07) is 0. The molecule has 0 fully saturated rings. The zero-order chi connectivity index (χ0) is 6.95. The van der Waals surface area contributed by atoms with Crippen molar-refractivity contribution >= 4 is 0 Å². The van der Waals surface area contributed by atoms with Crippen molar-refractivity contribution in [3.63, 3.8) is 0 Å². The van der Waals surface area contributed by atoms with E-state index in [2.05, 4.69) is 5.32 Å². The lowest BCUT2D eigenvalue weighted by Crippen LogP contribution is -2.17. The van der Waals surface area contributed by atoms with Crippen LogP contribution in [0, 0.1) is 0 Å². The highest BCUT2D eigenvalue weighted by Crippen LogP contribution is 1.78. The Morgan fingerprint density at radius 3 is 2.89 bits per heavy atom. The molecule has 9 heavy (non-hydrogen) atoms. The van der Waals surface area contributed by atoms with E-state index >= 15 is 0 Å². The van der Waals surface area contributed by atoms with Gasteiger partial charge in [-0.2, -0.15) is 0 Å². The van der Waals surface area contributed by atoms with E-state index in [1.54, 1.807) is 0 Å². The van der Waals surface area contributed by atoms with Gasteiger partial charge in [0.25, 0.3) is 0 Å². The number of aliphatic hydroxyl groups is 1. The third-order valence-corrected chi connectivity index (χ3v) is 0.958. The van der Waals surface area contributed by atoms with E-state index in [0.717, 1.165) is 26.2 Å². The minimum absolute atomic E-state index is 0.0616. The first-order chi connectivity index (χ1) is 4.41. The van der Waals surface area contributed by atoms with Gasteiger partial charge in [-0.1, -0.05) is 0 Å². The topological polar surface area (TPSA) is 41.5 Å². The maximum atomic E-state index is 8.27. The van der Waals surface area contributed by atoms with Gasteiger partial charge in [0.2, 0.25) is 0 Å². The molecular formula is C6H15NO2. The summed E-state index contributed by atoms with van der Waals surface area (Å²) in [6.07, 6.45) is 0.967. The van der Waals surface area contributed by atoms with Crippen LogP contribution in [0.3, 0.4) is 0 Å². The lowest BCUT2D eigenvalue weighted by atomic mass is 10.4. The molecule has 0 aromatic heterocycles. The van der Waals surface area contributed by atoms with Gasteiger partial charge in [-0.25, -0.2) is 0 Å². The lowest BCUT2D eigenvalue weighted by Gasteiger charge is -2.00. The van der Waals surface area contributed by atoms with Crippen LogP contribution in [0.5, 0.6) is 0 Å². The first kappa shape index (κ1) is 8.88. The fourth-order valence-corrected chi connectivity index (χ4v) is 0.523. The SMILES string of the molecule is CCOCCCNCO. The van der Waals surface area contributed by atoms with Gasteiger partial charge in [-0.05, 0) is 19.9 Å². The molecule has 3 heteroatoms. The highest BCUT2D eigenvalue weighted by Gasteiger charge is 1.84. The Hall–Kier alpha value is -0.120. The maximum Gasteiger partial charge on any atom is 0.0931 e. The molecule has 0 bridgehead atoms. The molecule has 0 aliphatic rings. The average Bonchev–Trinajstić information content (AvgIpc) is 1.89. The molecule has 0 atom stereocenters.